The Labute approximate surface area is 176 Å². The van der Waals surface area contributed by atoms with Crippen molar-refractivity contribution in [2.75, 3.05) is 19.5 Å². The highest BCUT2D eigenvalue weighted by atomic mass is 16.5. The molecule has 0 aliphatic carbocycles. The van der Waals surface area contributed by atoms with Gasteiger partial charge in [0.25, 0.3) is 0 Å². The number of nitrogens with one attached hydrogen (secondary N) is 2. The van der Waals surface area contributed by atoms with E-state index in [0.717, 1.165) is 28.2 Å². The number of benzene rings is 3. The highest BCUT2D eigenvalue weighted by Crippen LogP contribution is 2.15. The summed E-state index contributed by atoms with van der Waals surface area (Å²) in [5.74, 6) is 1.58. The molecule has 0 aromatic heterocycles. The molecule has 0 aliphatic heterocycles. The van der Waals surface area contributed by atoms with Crippen molar-refractivity contribution in [3.05, 3.63) is 89.5 Å². The van der Waals surface area contributed by atoms with Crippen molar-refractivity contribution < 1.29 is 19.0 Å². The molecule has 0 saturated carbocycles. The van der Waals surface area contributed by atoms with E-state index in [4.69, 9.17) is 14.2 Å². The summed E-state index contributed by atoms with van der Waals surface area (Å²) in [5, 5.41) is 5.70. The van der Waals surface area contributed by atoms with Gasteiger partial charge in [0, 0.05) is 12.2 Å². The molecule has 6 nitrogen and oxygen atoms in total. The molecule has 0 radical (unpaired) electrons. The first kappa shape index (κ1) is 21.2. The zero-order valence-corrected chi connectivity index (χ0v) is 17.2. The molecule has 2 N–H and O–H groups in total. The average molecular weight is 406 g/mol. The molecule has 2 amide bonds. The number of ether oxygens (including phenoxy) is 3. The second-order valence-corrected chi connectivity index (χ2v) is 6.70. The van der Waals surface area contributed by atoms with E-state index >= 15 is 0 Å². The fourth-order valence-corrected chi connectivity index (χ4v) is 2.89. The zero-order valence-electron chi connectivity index (χ0n) is 17.2. The van der Waals surface area contributed by atoms with Gasteiger partial charge in [0.15, 0.2) is 0 Å². The SMILES string of the molecule is COc1ccc(COCc2cccc(NC(=O)NCc3cccc(OC)c3)c2)cc1. The lowest BCUT2D eigenvalue weighted by molar-refractivity contribution is 0.107. The fourth-order valence-electron chi connectivity index (χ4n) is 2.89. The van der Waals surface area contributed by atoms with Crippen LogP contribution in [-0.4, -0.2) is 20.3 Å². The van der Waals surface area contributed by atoms with Crippen LogP contribution in [0.3, 0.4) is 0 Å². The summed E-state index contributed by atoms with van der Waals surface area (Å²) in [6, 6.07) is 22.7. The number of urea groups is 1. The van der Waals surface area contributed by atoms with Crippen LogP contribution in [0.1, 0.15) is 16.7 Å². The molecule has 0 fully saturated rings. The van der Waals surface area contributed by atoms with Gasteiger partial charge >= 0.3 is 6.03 Å². The third kappa shape index (κ3) is 6.53. The number of anilines is 1. The van der Waals surface area contributed by atoms with Crippen LogP contribution in [0.25, 0.3) is 0 Å². The van der Waals surface area contributed by atoms with Crippen LogP contribution in [0.5, 0.6) is 11.5 Å². The number of carbonyl (C=O) groups excluding carboxylic acids is 1. The van der Waals surface area contributed by atoms with Crippen molar-refractivity contribution in [1.82, 2.24) is 5.32 Å². The number of methoxy groups -OCH3 is 2. The number of carbonyl (C=O) groups is 1. The minimum absolute atomic E-state index is 0.269. The first-order chi connectivity index (χ1) is 14.7. The Balaban J connectivity index is 1.46. The summed E-state index contributed by atoms with van der Waals surface area (Å²) in [4.78, 5) is 12.2. The number of hydrogen-bond donors (Lipinski definition) is 2. The smallest absolute Gasteiger partial charge is 0.319 e. The number of rotatable bonds is 9. The van der Waals surface area contributed by atoms with E-state index in [1.165, 1.54) is 0 Å². The van der Waals surface area contributed by atoms with Gasteiger partial charge in [-0.2, -0.15) is 0 Å². The van der Waals surface area contributed by atoms with E-state index in [2.05, 4.69) is 10.6 Å². The first-order valence-corrected chi connectivity index (χ1v) is 9.63. The normalized spacial score (nSPS) is 10.3. The van der Waals surface area contributed by atoms with Crippen LogP contribution in [-0.2, 0) is 24.5 Å². The van der Waals surface area contributed by atoms with Gasteiger partial charge in [0.05, 0.1) is 27.4 Å². The zero-order chi connectivity index (χ0) is 21.2. The summed E-state index contributed by atoms with van der Waals surface area (Å²) in [6.45, 7) is 1.36. The fraction of sp³-hybridized carbons (Fsp3) is 0.208. The van der Waals surface area contributed by atoms with Gasteiger partial charge in [-0.25, -0.2) is 4.79 Å². The quantitative estimate of drug-likeness (QED) is 0.538. The largest absolute Gasteiger partial charge is 0.497 e. The lowest BCUT2D eigenvalue weighted by Gasteiger charge is -2.10. The summed E-state index contributed by atoms with van der Waals surface area (Å²) >= 11 is 0. The highest BCUT2D eigenvalue weighted by Gasteiger charge is 2.04. The minimum atomic E-state index is -0.269. The van der Waals surface area contributed by atoms with E-state index in [1.807, 2.05) is 72.8 Å². The molecular formula is C24H26N2O4. The molecule has 6 heteroatoms. The monoisotopic (exact) mass is 406 g/mol. The van der Waals surface area contributed by atoms with Crippen molar-refractivity contribution in [3.63, 3.8) is 0 Å². The van der Waals surface area contributed by atoms with Crippen LogP contribution in [0, 0.1) is 0 Å². The van der Waals surface area contributed by atoms with Gasteiger partial charge < -0.3 is 24.8 Å². The molecule has 0 bridgehead atoms. The molecule has 0 aliphatic rings. The Morgan fingerprint density at radius 3 is 2.23 bits per heavy atom. The maximum atomic E-state index is 12.2. The van der Waals surface area contributed by atoms with Crippen molar-refractivity contribution in [3.8, 4) is 11.5 Å². The first-order valence-electron chi connectivity index (χ1n) is 9.63. The van der Waals surface area contributed by atoms with Gasteiger partial charge in [-0.05, 0) is 53.1 Å². The van der Waals surface area contributed by atoms with E-state index in [9.17, 15) is 4.79 Å². The van der Waals surface area contributed by atoms with Crippen molar-refractivity contribution >= 4 is 11.7 Å². The van der Waals surface area contributed by atoms with E-state index < -0.39 is 0 Å². The average Bonchev–Trinajstić information content (AvgIpc) is 2.78. The Bertz CT molecular complexity index is 957. The minimum Gasteiger partial charge on any atom is -0.497 e. The van der Waals surface area contributed by atoms with Crippen molar-refractivity contribution in [2.45, 2.75) is 19.8 Å². The number of hydrogen-bond acceptors (Lipinski definition) is 4. The van der Waals surface area contributed by atoms with Crippen LogP contribution in [0.2, 0.25) is 0 Å². The number of amides is 2. The van der Waals surface area contributed by atoms with E-state index in [1.54, 1.807) is 14.2 Å². The predicted molar refractivity (Wildman–Crippen MR) is 117 cm³/mol. The summed E-state index contributed by atoms with van der Waals surface area (Å²) in [5.41, 5.74) is 3.73. The lowest BCUT2D eigenvalue weighted by Crippen LogP contribution is -2.28. The van der Waals surface area contributed by atoms with Gasteiger partial charge in [0.1, 0.15) is 11.5 Å². The molecule has 156 valence electrons. The van der Waals surface area contributed by atoms with Crippen LogP contribution < -0.4 is 20.1 Å². The van der Waals surface area contributed by atoms with Crippen molar-refractivity contribution in [2.24, 2.45) is 0 Å². The Morgan fingerprint density at radius 1 is 0.767 bits per heavy atom. The molecule has 0 saturated heterocycles. The maximum Gasteiger partial charge on any atom is 0.319 e. The Morgan fingerprint density at radius 2 is 1.47 bits per heavy atom. The summed E-state index contributed by atoms with van der Waals surface area (Å²) in [6.07, 6.45) is 0. The van der Waals surface area contributed by atoms with Crippen LogP contribution in [0.15, 0.2) is 72.8 Å². The predicted octanol–water partition coefficient (Wildman–Crippen LogP) is 4.74. The Kier molecular flexibility index (Phi) is 7.69. The van der Waals surface area contributed by atoms with Gasteiger partial charge in [-0.3, -0.25) is 0 Å². The maximum absolute atomic E-state index is 12.2. The lowest BCUT2D eigenvalue weighted by atomic mass is 10.2. The topological polar surface area (TPSA) is 68.8 Å². The molecule has 30 heavy (non-hydrogen) atoms. The van der Waals surface area contributed by atoms with Gasteiger partial charge in [-0.1, -0.05) is 36.4 Å². The molecule has 0 unspecified atom stereocenters. The second-order valence-electron chi connectivity index (χ2n) is 6.70. The van der Waals surface area contributed by atoms with Crippen molar-refractivity contribution in [1.29, 1.82) is 0 Å². The Hall–Kier alpha value is -3.51. The van der Waals surface area contributed by atoms with Gasteiger partial charge in [0.2, 0.25) is 0 Å². The highest BCUT2D eigenvalue weighted by molar-refractivity contribution is 5.89. The second kappa shape index (κ2) is 10.9. The molecule has 0 heterocycles. The molecule has 0 spiro atoms. The summed E-state index contributed by atoms with van der Waals surface area (Å²) < 4.78 is 16.1. The third-order valence-corrected chi connectivity index (χ3v) is 4.47. The summed E-state index contributed by atoms with van der Waals surface area (Å²) in [7, 11) is 3.26. The standard InChI is InChI=1S/C24H26N2O4/c1-28-22-11-9-18(10-12-22)16-30-17-20-6-3-7-21(13-20)26-24(27)25-15-19-5-4-8-23(14-19)29-2/h3-14H,15-17H2,1-2H3,(H2,25,26,27). The molecule has 3 aromatic rings. The molecule has 0 atom stereocenters. The molecule has 3 aromatic carbocycles. The van der Waals surface area contributed by atoms with E-state index in [-0.39, 0.29) is 6.03 Å². The van der Waals surface area contributed by atoms with Crippen LogP contribution in [0.4, 0.5) is 10.5 Å². The molecular weight excluding hydrogens is 380 g/mol. The van der Waals surface area contributed by atoms with E-state index in [0.29, 0.717) is 25.4 Å². The third-order valence-electron chi connectivity index (χ3n) is 4.47. The molecule has 3 rings (SSSR count). The van der Waals surface area contributed by atoms with Gasteiger partial charge in [-0.15, -0.1) is 0 Å². The van der Waals surface area contributed by atoms with Crippen LogP contribution >= 0.6 is 0 Å².